The predicted molar refractivity (Wildman–Crippen MR) is 66.0 cm³/mol. The Kier molecular flexibility index (Phi) is 5.23. The Morgan fingerprint density at radius 1 is 1.59 bits per heavy atom. The topological polar surface area (TPSA) is 68.2 Å². The van der Waals surface area contributed by atoms with Gasteiger partial charge in [-0.1, -0.05) is 20.3 Å². The molecule has 1 heterocycles. The number of carbonyl (C=O) groups is 1. The Morgan fingerprint density at radius 2 is 2.24 bits per heavy atom. The van der Waals surface area contributed by atoms with Crippen molar-refractivity contribution in [2.24, 2.45) is 11.8 Å². The van der Waals surface area contributed by atoms with Crippen LogP contribution in [-0.4, -0.2) is 43.5 Å². The number of nitrogens with zero attached hydrogens (tertiary/aromatic N) is 2. The second-order valence-electron chi connectivity index (χ2n) is 4.77. The largest absolute Gasteiger partial charge is 0.354 e. The zero-order valence-electron chi connectivity index (χ0n) is 10.9. The van der Waals surface area contributed by atoms with Gasteiger partial charge >= 0.3 is 0 Å². The van der Waals surface area contributed by atoms with Crippen LogP contribution in [0.1, 0.15) is 20.3 Å². The summed E-state index contributed by atoms with van der Waals surface area (Å²) in [5.74, 6) is 0.822. The minimum absolute atomic E-state index is 0.0669. The highest BCUT2D eigenvalue weighted by molar-refractivity contribution is 5.82. The van der Waals surface area contributed by atoms with Gasteiger partial charge in [-0.2, -0.15) is 5.26 Å². The summed E-state index contributed by atoms with van der Waals surface area (Å²) in [7, 11) is 1.82. The van der Waals surface area contributed by atoms with Gasteiger partial charge in [-0.05, 0) is 13.0 Å². The fourth-order valence-electron chi connectivity index (χ4n) is 2.05. The van der Waals surface area contributed by atoms with Crippen molar-refractivity contribution in [1.29, 1.82) is 5.26 Å². The fraction of sp³-hybridized carbons (Fsp3) is 0.833. The van der Waals surface area contributed by atoms with E-state index in [1.807, 2.05) is 7.05 Å². The van der Waals surface area contributed by atoms with Crippen molar-refractivity contribution in [2.75, 3.05) is 26.7 Å². The molecule has 1 saturated heterocycles. The monoisotopic (exact) mass is 238 g/mol. The van der Waals surface area contributed by atoms with E-state index in [0.29, 0.717) is 18.4 Å². The van der Waals surface area contributed by atoms with Gasteiger partial charge in [0.2, 0.25) is 5.91 Å². The molecule has 2 atom stereocenters. The Bertz CT molecular complexity index is 293. The Balaban J connectivity index is 2.27. The van der Waals surface area contributed by atoms with Crippen LogP contribution in [-0.2, 0) is 4.79 Å². The number of hydrogen-bond donors (Lipinski definition) is 2. The highest BCUT2D eigenvalue weighted by Crippen LogP contribution is 2.13. The molecule has 17 heavy (non-hydrogen) atoms. The molecule has 96 valence electrons. The van der Waals surface area contributed by atoms with Gasteiger partial charge in [0.1, 0.15) is 0 Å². The average molecular weight is 238 g/mol. The van der Waals surface area contributed by atoms with E-state index in [0.717, 1.165) is 19.5 Å². The number of amides is 1. The van der Waals surface area contributed by atoms with Gasteiger partial charge in [-0.25, -0.2) is 0 Å². The average Bonchev–Trinajstić information content (AvgIpc) is 2.28. The first kappa shape index (κ1) is 13.8. The normalized spacial score (nSPS) is 19.1. The molecule has 5 heteroatoms. The van der Waals surface area contributed by atoms with Crippen LogP contribution in [0.25, 0.3) is 0 Å². The maximum Gasteiger partial charge on any atom is 0.237 e. The summed E-state index contributed by atoms with van der Waals surface area (Å²) in [5.41, 5.74) is 0. The highest BCUT2D eigenvalue weighted by Gasteiger charge is 2.28. The summed E-state index contributed by atoms with van der Waals surface area (Å²) in [5, 5.41) is 14.6. The third-order valence-electron chi connectivity index (χ3n) is 3.47. The smallest absolute Gasteiger partial charge is 0.237 e. The van der Waals surface area contributed by atoms with Crippen molar-refractivity contribution in [2.45, 2.75) is 26.3 Å². The van der Waals surface area contributed by atoms with Crippen molar-refractivity contribution in [3.63, 3.8) is 0 Å². The summed E-state index contributed by atoms with van der Waals surface area (Å²) >= 11 is 0. The zero-order valence-corrected chi connectivity index (χ0v) is 10.9. The molecule has 0 spiro atoms. The summed E-state index contributed by atoms with van der Waals surface area (Å²) < 4.78 is 0. The number of rotatable bonds is 6. The molecule has 2 N–H and O–H groups in total. The number of likely N-dealkylation sites (N-methyl/N-ethyl adjacent to an activating group) is 1. The lowest BCUT2D eigenvalue weighted by Crippen LogP contribution is -2.52. The van der Waals surface area contributed by atoms with Crippen molar-refractivity contribution >= 4 is 5.91 Å². The Labute approximate surface area is 103 Å². The summed E-state index contributed by atoms with van der Waals surface area (Å²) in [6.07, 6.45) is 3.07. The summed E-state index contributed by atoms with van der Waals surface area (Å²) in [6.45, 7) is 6.36. The van der Waals surface area contributed by atoms with Crippen LogP contribution in [0, 0.1) is 23.3 Å². The first-order valence-electron chi connectivity index (χ1n) is 6.22. The second-order valence-corrected chi connectivity index (χ2v) is 4.77. The molecule has 1 fully saturated rings. The fourth-order valence-corrected chi connectivity index (χ4v) is 2.05. The second kappa shape index (κ2) is 6.45. The van der Waals surface area contributed by atoms with Gasteiger partial charge in [-0.3, -0.25) is 4.79 Å². The van der Waals surface area contributed by atoms with E-state index in [1.165, 1.54) is 0 Å². The molecule has 5 nitrogen and oxygen atoms in total. The van der Waals surface area contributed by atoms with E-state index < -0.39 is 0 Å². The molecule has 0 aromatic rings. The third kappa shape index (κ3) is 3.60. The lowest BCUT2D eigenvalue weighted by atomic mass is 9.97. The maximum atomic E-state index is 11.9. The first-order valence-corrected chi connectivity index (χ1v) is 6.22. The van der Waals surface area contributed by atoms with Gasteiger partial charge in [-0.15, -0.1) is 0 Å². The van der Waals surface area contributed by atoms with Gasteiger partial charge in [0.05, 0.1) is 6.04 Å². The van der Waals surface area contributed by atoms with Crippen molar-refractivity contribution in [1.82, 2.24) is 15.5 Å². The van der Waals surface area contributed by atoms with Crippen LogP contribution in [0.5, 0.6) is 0 Å². The van der Waals surface area contributed by atoms with E-state index in [-0.39, 0.29) is 11.9 Å². The van der Waals surface area contributed by atoms with Crippen LogP contribution < -0.4 is 10.6 Å². The summed E-state index contributed by atoms with van der Waals surface area (Å²) in [6, 6.07) is -0.118. The van der Waals surface area contributed by atoms with E-state index in [9.17, 15) is 4.79 Å². The minimum atomic E-state index is -0.118. The Morgan fingerprint density at radius 3 is 2.71 bits per heavy atom. The van der Waals surface area contributed by atoms with Crippen LogP contribution in [0.2, 0.25) is 0 Å². The third-order valence-corrected chi connectivity index (χ3v) is 3.47. The molecule has 0 radical (unpaired) electrons. The highest BCUT2D eigenvalue weighted by atomic mass is 16.2. The maximum absolute atomic E-state index is 11.9. The lowest BCUT2D eigenvalue weighted by molar-refractivity contribution is -0.124. The van der Waals surface area contributed by atoms with Crippen molar-refractivity contribution in [3.05, 3.63) is 0 Å². The molecular formula is C12H22N4O. The van der Waals surface area contributed by atoms with Crippen LogP contribution >= 0.6 is 0 Å². The molecule has 0 aromatic heterocycles. The van der Waals surface area contributed by atoms with E-state index in [2.05, 4.69) is 30.7 Å². The number of nitriles is 1. The van der Waals surface area contributed by atoms with Gasteiger partial charge in [0.15, 0.2) is 6.19 Å². The summed E-state index contributed by atoms with van der Waals surface area (Å²) in [4.78, 5) is 13.6. The molecule has 0 bridgehead atoms. The Hall–Kier alpha value is -1.28. The van der Waals surface area contributed by atoms with Crippen molar-refractivity contribution in [3.8, 4) is 6.19 Å². The van der Waals surface area contributed by atoms with Gasteiger partial charge in [0.25, 0.3) is 0 Å². The molecule has 1 aliphatic rings. The number of hydrogen-bond acceptors (Lipinski definition) is 4. The SMILES string of the molecule is CC[C@H](C)[C@H](NC)C(=O)NCC1CN(C#N)C1. The standard InChI is InChI=1S/C12H22N4O/c1-4-9(2)11(14-3)12(17)15-5-10-6-16(7-10)8-13/h9-11,14H,4-7H2,1-3H3,(H,15,17)/t9-,11-/m0/s1. The molecule has 0 unspecified atom stereocenters. The van der Waals surface area contributed by atoms with Gasteiger partial charge in [0, 0.05) is 25.6 Å². The molecule has 0 aromatic carbocycles. The van der Waals surface area contributed by atoms with Crippen LogP contribution in [0.4, 0.5) is 0 Å². The molecule has 1 rings (SSSR count). The minimum Gasteiger partial charge on any atom is -0.354 e. The predicted octanol–water partition coefficient (Wildman–Crippen LogP) is 0.150. The molecule has 1 aliphatic heterocycles. The number of carbonyl (C=O) groups excluding carboxylic acids is 1. The quantitative estimate of drug-likeness (QED) is 0.646. The molecule has 0 saturated carbocycles. The van der Waals surface area contributed by atoms with E-state index in [1.54, 1.807) is 4.90 Å². The molecular weight excluding hydrogens is 216 g/mol. The van der Waals surface area contributed by atoms with E-state index >= 15 is 0 Å². The van der Waals surface area contributed by atoms with Crippen LogP contribution in [0.15, 0.2) is 0 Å². The number of nitrogens with one attached hydrogen (secondary N) is 2. The lowest BCUT2D eigenvalue weighted by Gasteiger charge is -2.35. The van der Waals surface area contributed by atoms with Crippen LogP contribution in [0.3, 0.4) is 0 Å². The first-order chi connectivity index (χ1) is 8.12. The zero-order chi connectivity index (χ0) is 12.8. The van der Waals surface area contributed by atoms with Crippen molar-refractivity contribution < 1.29 is 4.79 Å². The van der Waals surface area contributed by atoms with E-state index in [4.69, 9.17) is 5.26 Å². The molecule has 0 aliphatic carbocycles. The van der Waals surface area contributed by atoms with Gasteiger partial charge < -0.3 is 15.5 Å². The molecule has 1 amide bonds. The number of likely N-dealkylation sites (tertiary alicyclic amines) is 1.